The zero-order valence-electron chi connectivity index (χ0n) is 19.3. The van der Waals surface area contributed by atoms with E-state index in [1.165, 1.54) is 37.3 Å². The summed E-state index contributed by atoms with van der Waals surface area (Å²) in [6, 6.07) is 17.4. The van der Waals surface area contributed by atoms with Crippen LogP contribution in [0.15, 0.2) is 78.9 Å². The number of allylic oxidation sites excluding steroid dienone is 1. The standard InChI is InChI=1S/C27H22F6O3/c1-18(34)25(2,20-11-13-22(14-12-20)36-27(32,33)26(29,30)31)16-6-7-19-10-15-23(28)24(17-19)35-21-8-4-3-5-9-21/h3-15,17H,16H2,1-2H3. The smallest absolute Gasteiger partial charge is 0.454 e. The number of carbonyl (C=O) groups is 1. The van der Waals surface area contributed by atoms with Crippen molar-refractivity contribution in [2.75, 3.05) is 0 Å². The molecule has 1 atom stereocenters. The Morgan fingerprint density at radius 3 is 2.11 bits per heavy atom. The number of carbonyl (C=O) groups excluding carboxylic acids is 1. The number of hydrogen-bond acceptors (Lipinski definition) is 3. The lowest BCUT2D eigenvalue weighted by atomic mass is 9.76. The molecular weight excluding hydrogens is 486 g/mol. The highest BCUT2D eigenvalue weighted by Crippen LogP contribution is 2.38. The summed E-state index contributed by atoms with van der Waals surface area (Å²) in [7, 11) is 0. The molecule has 36 heavy (non-hydrogen) atoms. The molecule has 3 nitrogen and oxygen atoms in total. The third kappa shape index (κ3) is 6.27. The predicted molar refractivity (Wildman–Crippen MR) is 123 cm³/mol. The molecular formula is C27H22F6O3. The molecule has 1 unspecified atom stereocenters. The van der Waals surface area contributed by atoms with Crippen LogP contribution in [0.1, 0.15) is 31.4 Å². The second kappa shape index (κ2) is 10.5. The molecule has 3 aromatic carbocycles. The van der Waals surface area contributed by atoms with Gasteiger partial charge < -0.3 is 9.47 Å². The summed E-state index contributed by atoms with van der Waals surface area (Å²) < 4.78 is 86.9. The van der Waals surface area contributed by atoms with E-state index < -0.39 is 29.3 Å². The van der Waals surface area contributed by atoms with E-state index in [0.717, 1.165) is 12.1 Å². The molecule has 0 amide bonds. The van der Waals surface area contributed by atoms with Crippen molar-refractivity contribution in [1.29, 1.82) is 0 Å². The molecule has 0 radical (unpaired) electrons. The molecule has 0 saturated heterocycles. The van der Waals surface area contributed by atoms with Crippen LogP contribution in [-0.2, 0) is 10.2 Å². The first kappa shape index (κ1) is 26.8. The molecule has 0 aliphatic rings. The molecule has 0 spiro atoms. The molecule has 3 aromatic rings. The number of Topliss-reactive ketones (excluding diaryl/α,β-unsaturated/α-hetero) is 1. The fourth-order valence-electron chi connectivity index (χ4n) is 3.31. The zero-order chi connectivity index (χ0) is 26.6. The molecule has 0 aliphatic carbocycles. The highest BCUT2D eigenvalue weighted by Gasteiger charge is 2.61. The number of ketones is 1. The number of halogens is 6. The summed E-state index contributed by atoms with van der Waals surface area (Å²) >= 11 is 0. The Hall–Kier alpha value is -3.75. The first-order valence-electron chi connectivity index (χ1n) is 10.8. The summed E-state index contributed by atoms with van der Waals surface area (Å²) in [5.74, 6) is -1.03. The van der Waals surface area contributed by atoms with Crippen LogP contribution >= 0.6 is 0 Å². The Morgan fingerprint density at radius 1 is 0.889 bits per heavy atom. The van der Waals surface area contributed by atoms with E-state index in [-0.39, 0.29) is 18.0 Å². The van der Waals surface area contributed by atoms with Gasteiger partial charge in [0, 0.05) is 0 Å². The van der Waals surface area contributed by atoms with Crippen LogP contribution in [0.4, 0.5) is 26.3 Å². The van der Waals surface area contributed by atoms with E-state index in [4.69, 9.17) is 4.74 Å². The maximum Gasteiger partial charge on any atom is 0.499 e. The van der Waals surface area contributed by atoms with Crippen LogP contribution in [0.3, 0.4) is 0 Å². The van der Waals surface area contributed by atoms with E-state index in [0.29, 0.717) is 16.9 Å². The fraction of sp³-hybridized carbons (Fsp3) is 0.222. The Kier molecular flexibility index (Phi) is 7.81. The topological polar surface area (TPSA) is 35.5 Å². The normalized spacial score (nSPS) is 13.9. The van der Waals surface area contributed by atoms with Gasteiger partial charge in [-0.25, -0.2) is 4.39 Å². The van der Waals surface area contributed by atoms with Crippen LogP contribution in [0.5, 0.6) is 17.2 Å². The quantitative estimate of drug-likeness (QED) is 0.274. The molecule has 0 heterocycles. The lowest BCUT2D eigenvalue weighted by Crippen LogP contribution is -2.41. The van der Waals surface area contributed by atoms with Gasteiger partial charge in [0.2, 0.25) is 0 Å². The van der Waals surface area contributed by atoms with E-state index in [2.05, 4.69) is 4.74 Å². The molecule has 0 aromatic heterocycles. The van der Waals surface area contributed by atoms with Crippen molar-refractivity contribution in [1.82, 2.24) is 0 Å². The zero-order valence-corrected chi connectivity index (χ0v) is 19.3. The van der Waals surface area contributed by atoms with Gasteiger partial charge in [-0.05, 0) is 67.8 Å². The van der Waals surface area contributed by atoms with Crippen molar-refractivity contribution in [3.05, 3.63) is 95.8 Å². The third-order valence-electron chi connectivity index (χ3n) is 5.61. The second-order valence-electron chi connectivity index (χ2n) is 8.24. The Labute approximate surface area is 204 Å². The minimum absolute atomic E-state index is 0.0175. The minimum atomic E-state index is -5.86. The third-order valence-corrected chi connectivity index (χ3v) is 5.61. The summed E-state index contributed by atoms with van der Waals surface area (Å²) in [6.45, 7) is 2.97. The van der Waals surface area contributed by atoms with Crippen molar-refractivity contribution in [2.45, 2.75) is 38.0 Å². The van der Waals surface area contributed by atoms with Gasteiger partial charge in [0.25, 0.3) is 0 Å². The lowest BCUT2D eigenvalue weighted by Gasteiger charge is -2.26. The van der Waals surface area contributed by atoms with Crippen molar-refractivity contribution in [2.24, 2.45) is 0 Å². The molecule has 0 saturated carbocycles. The molecule has 190 valence electrons. The highest BCUT2D eigenvalue weighted by atomic mass is 19.4. The van der Waals surface area contributed by atoms with Gasteiger partial charge in [0.05, 0.1) is 5.41 Å². The first-order valence-corrected chi connectivity index (χ1v) is 10.8. The molecule has 9 heteroatoms. The SMILES string of the molecule is CC(=O)C(C)(CC=Cc1ccc(F)c(Oc2ccccc2)c1)c1ccc(OC(F)(F)C(F)(F)F)cc1. The number of benzene rings is 3. The van der Waals surface area contributed by atoms with Crippen molar-refractivity contribution < 1.29 is 40.6 Å². The van der Waals surface area contributed by atoms with Crippen molar-refractivity contribution in [3.63, 3.8) is 0 Å². The Balaban J connectivity index is 1.76. The number of ether oxygens (including phenoxy) is 2. The van der Waals surface area contributed by atoms with E-state index in [1.807, 2.05) is 0 Å². The van der Waals surface area contributed by atoms with Gasteiger partial charge in [-0.15, -0.1) is 0 Å². The van der Waals surface area contributed by atoms with E-state index in [9.17, 15) is 31.1 Å². The maximum absolute atomic E-state index is 14.2. The summed E-state index contributed by atoms with van der Waals surface area (Å²) in [5, 5.41) is 0. The summed E-state index contributed by atoms with van der Waals surface area (Å²) in [5.41, 5.74) is -0.105. The van der Waals surface area contributed by atoms with Crippen LogP contribution in [0.2, 0.25) is 0 Å². The number of alkyl halides is 5. The van der Waals surface area contributed by atoms with Gasteiger partial charge in [0.1, 0.15) is 17.3 Å². The van der Waals surface area contributed by atoms with Gasteiger partial charge in [-0.1, -0.05) is 48.6 Å². The van der Waals surface area contributed by atoms with Gasteiger partial charge in [-0.3, -0.25) is 4.79 Å². The second-order valence-corrected chi connectivity index (χ2v) is 8.24. The Morgan fingerprint density at radius 2 is 1.53 bits per heavy atom. The number of rotatable bonds is 9. The number of para-hydroxylation sites is 1. The lowest BCUT2D eigenvalue weighted by molar-refractivity contribution is -0.360. The molecule has 0 bridgehead atoms. The monoisotopic (exact) mass is 508 g/mol. The van der Waals surface area contributed by atoms with E-state index >= 15 is 0 Å². The largest absolute Gasteiger partial charge is 0.499 e. The summed E-state index contributed by atoms with van der Waals surface area (Å²) in [4.78, 5) is 12.5. The van der Waals surface area contributed by atoms with Crippen LogP contribution in [-0.4, -0.2) is 18.1 Å². The predicted octanol–water partition coefficient (Wildman–Crippen LogP) is 8.10. The van der Waals surface area contributed by atoms with Crippen LogP contribution in [0.25, 0.3) is 6.08 Å². The average molecular weight is 508 g/mol. The maximum atomic E-state index is 14.2. The Bertz CT molecular complexity index is 1220. The molecule has 0 aliphatic heterocycles. The minimum Gasteiger partial charge on any atom is -0.454 e. The summed E-state index contributed by atoms with van der Waals surface area (Å²) in [6.07, 6.45) is -7.69. The highest BCUT2D eigenvalue weighted by molar-refractivity contribution is 5.88. The van der Waals surface area contributed by atoms with Gasteiger partial charge >= 0.3 is 12.3 Å². The fourth-order valence-corrected chi connectivity index (χ4v) is 3.31. The molecule has 0 fully saturated rings. The van der Waals surface area contributed by atoms with Gasteiger partial charge in [0.15, 0.2) is 11.6 Å². The number of hydrogen-bond donors (Lipinski definition) is 0. The van der Waals surface area contributed by atoms with Crippen molar-refractivity contribution in [3.8, 4) is 17.2 Å². The van der Waals surface area contributed by atoms with Gasteiger partial charge in [-0.2, -0.15) is 22.0 Å². The molecule has 0 N–H and O–H groups in total. The average Bonchev–Trinajstić information content (AvgIpc) is 2.81. The van der Waals surface area contributed by atoms with Crippen LogP contribution < -0.4 is 9.47 Å². The molecule has 3 rings (SSSR count). The van der Waals surface area contributed by atoms with Crippen LogP contribution in [0, 0.1) is 5.82 Å². The first-order chi connectivity index (χ1) is 16.8. The van der Waals surface area contributed by atoms with Crippen molar-refractivity contribution >= 4 is 11.9 Å². The van der Waals surface area contributed by atoms with E-state index in [1.54, 1.807) is 49.4 Å².